The summed E-state index contributed by atoms with van der Waals surface area (Å²) < 4.78 is 39.4. The average Bonchev–Trinajstić information content (AvgIpc) is 2.99. The Morgan fingerprint density at radius 3 is 2.69 bits per heavy atom. The van der Waals surface area contributed by atoms with Gasteiger partial charge in [-0.05, 0) is 48.1 Å². The second-order valence-electron chi connectivity index (χ2n) is 8.34. The van der Waals surface area contributed by atoms with Gasteiger partial charge in [0, 0.05) is 17.6 Å². The third kappa shape index (κ3) is 2.51. The van der Waals surface area contributed by atoms with Crippen LogP contribution in [0.4, 0.5) is 13.2 Å². The van der Waals surface area contributed by atoms with E-state index < -0.39 is 11.7 Å². The van der Waals surface area contributed by atoms with Crippen molar-refractivity contribution in [1.82, 2.24) is 15.3 Å². The maximum absolute atomic E-state index is 13.1. The Hall–Kier alpha value is -2.05. The molecule has 3 saturated carbocycles. The molecule has 3 fully saturated rings. The first-order valence-corrected chi connectivity index (χ1v) is 8.95. The Balaban J connectivity index is 1.56. The lowest BCUT2D eigenvalue weighted by Gasteiger charge is -2.62. The molecule has 2 aromatic rings. The lowest BCUT2D eigenvalue weighted by molar-refractivity contribution is -0.136. The van der Waals surface area contributed by atoms with Gasteiger partial charge in [0.2, 0.25) is 0 Å². The fourth-order valence-corrected chi connectivity index (χ4v) is 4.98. The number of pyridine rings is 1. The number of hydrogen-bond acceptors (Lipinski definition) is 2. The number of nitrogens with one attached hydrogen (secondary N) is 2. The lowest BCUT2D eigenvalue weighted by Crippen LogP contribution is -2.60. The van der Waals surface area contributed by atoms with Gasteiger partial charge in [-0.2, -0.15) is 13.2 Å². The smallest absolute Gasteiger partial charge is 0.348 e. The van der Waals surface area contributed by atoms with E-state index in [2.05, 4.69) is 36.1 Å². The largest absolute Gasteiger partial charge is 0.417 e. The molecule has 0 radical (unpaired) electrons. The van der Waals surface area contributed by atoms with E-state index >= 15 is 0 Å². The minimum Gasteiger partial charge on any atom is -0.348 e. The van der Waals surface area contributed by atoms with Crippen molar-refractivity contribution < 1.29 is 18.0 Å². The SMILES string of the molecule is C[C@@H]1[C@@H](NC(=O)c2cc3c(C(F)(F)F)ccnc3[nH]2)C[C@H]2C[C@@H]1C2(C)C. The number of carbonyl (C=O) groups is 1. The predicted octanol–water partition coefficient (Wildman–Crippen LogP) is 4.38. The zero-order valence-electron chi connectivity index (χ0n) is 14.9. The summed E-state index contributed by atoms with van der Waals surface area (Å²) in [6, 6.07) is 2.23. The molecule has 0 saturated heterocycles. The van der Waals surface area contributed by atoms with E-state index in [1.165, 1.54) is 12.5 Å². The molecule has 4 atom stereocenters. The van der Waals surface area contributed by atoms with Crippen LogP contribution >= 0.6 is 0 Å². The molecule has 1 amide bonds. The van der Waals surface area contributed by atoms with Crippen LogP contribution in [0.25, 0.3) is 11.0 Å². The van der Waals surface area contributed by atoms with Crippen LogP contribution in [0.15, 0.2) is 18.3 Å². The molecule has 2 aromatic heterocycles. The number of amides is 1. The summed E-state index contributed by atoms with van der Waals surface area (Å²) in [5.41, 5.74) is -0.278. The van der Waals surface area contributed by atoms with Crippen LogP contribution in [0.1, 0.15) is 49.7 Å². The molecular weight excluding hydrogens is 343 g/mol. The highest BCUT2D eigenvalue weighted by atomic mass is 19.4. The average molecular weight is 365 g/mol. The van der Waals surface area contributed by atoms with E-state index in [9.17, 15) is 18.0 Å². The number of rotatable bonds is 2. The van der Waals surface area contributed by atoms with Gasteiger partial charge in [-0.3, -0.25) is 4.79 Å². The van der Waals surface area contributed by atoms with E-state index in [0.717, 1.165) is 18.7 Å². The van der Waals surface area contributed by atoms with Crippen LogP contribution in [-0.2, 0) is 6.18 Å². The molecule has 140 valence electrons. The maximum Gasteiger partial charge on any atom is 0.417 e. The predicted molar refractivity (Wildman–Crippen MR) is 91.5 cm³/mol. The highest BCUT2D eigenvalue weighted by Crippen LogP contribution is 2.61. The number of fused-ring (bicyclic) bond motifs is 3. The topological polar surface area (TPSA) is 57.8 Å². The quantitative estimate of drug-likeness (QED) is 0.830. The zero-order valence-corrected chi connectivity index (χ0v) is 14.9. The van der Waals surface area contributed by atoms with Gasteiger partial charge in [-0.25, -0.2) is 4.98 Å². The molecular formula is C19H22F3N3O. The molecule has 3 aliphatic carbocycles. The van der Waals surface area contributed by atoms with E-state index in [1.807, 2.05) is 0 Å². The summed E-state index contributed by atoms with van der Waals surface area (Å²) in [6.45, 7) is 6.71. The minimum absolute atomic E-state index is 0.0562. The number of halogens is 3. The van der Waals surface area contributed by atoms with Crippen molar-refractivity contribution in [3.05, 3.63) is 29.6 Å². The Bertz CT molecular complexity index is 871. The summed E-state index contributed by atoms with van der Waals surface area (Å²) in [5.74, 6) is 1.15. The molecule has 4 nitrogen and oxygen atoms in total. The molecule has 5 rings (SSSR count). The number of H-pyrrole nitrogens is 1. The van der Waals surface area contributed by atoms with Gasteiger partial charge < -0.3 is 10.3 Å². The summed E-state index contributed by atoms with van der Waals surface area (Å²) in [4.78, 5) is 19.3. The second kappa shape index (κ2) is 5.47. The highest BCUT2D eigenvalue weighted by molar-refractivity contribution is 5.98. The molecule has 7 heteroatoms. The van der Waals surface area contributed by atoms with Gasteiger partial charge in [0.05, 0.1) is 5.56 Å². The summed E-state index contributed by atoms with van der Waals surface area (Å²) in [5, 5.41) is 2.95. The van der Waals surface area contributed by atoms with Crippen molar-refractivity contribution in [2.45, 2.75) is 45.8 Å². The Morgan fingerprint density at radius 2 is 2.08 bits per heavy atom. The maximum atomic E-state index is 13.1. The Kier molecular flexibility index (Phi) is 3.66. The Morgan fingerprint density at radius 1 is 1.35 bits per heavy atom. The minimum atomic E-state index is -4.48. The standard InChI is InChI=1S/C19H22F3N3O/c1-9-13-6-10(18(13,2)3)7-14(9)25-17(26)15-8-11-12(19(20,21)22)4-5-23-16(11)24-15/h4-5,8-10,13-14H,6-7H2,1-3H3,(H,23,24)(H,25,26)/t9-,10+,13-,14-/m0/s1. The zero-order chi connectivity index (χ0) is 18.9. The number of nitrogens with zero attached hydrogens (tertiary/aromatic N) is 1. The fourth-order valence-electron chi connectivity index (χ4n) is 4.98. The third-order valence-electron chi connectivity index (χ3n) is 6.75. The molecule has 3 aliphatic rings. The van der Waals surface area contributed by atoms with E-state index in [0.29, 0.717) is 23.2 Å². The molecule has 2 heterocycles. The monoisotopic (exact) mass is 365 g/mol. The molecule has 2 bridgehead atoms. The van der Waals surface area contributed by atoms with Crippen LogP contribution in [0, 0.1) is 23.2 Å². The molecule has 0 aliphatic heterocycles. The van der Waals surface area contributed by atoms with Gasteiger partial charge in [0.1, 0.15) is 11.3 Å². The Labute approximate surface area is 149 Å². The number of alkyl halides is 3. The van der Waals surface area contributed by atoms with E-state index in [-0.39, 0.29) is 28.7 Å². The van der Waals surface area contributed by atoms with Gasteiger partial charge in [0.25, 0.3) is 5.91 Å². The molecule has 0 spiro atoms. The molecule has 0 unspecified atom stereocenters. The van der Waals surface area contributed by atoms with Crippen molar-refractivity contribution in [2.75, 3.05) is 0 Å². The molecule has 26 heavy (non-hydrogen) atoms. The van der Waals surface area contributed by atoms with Crippen molar-refractivity contribution >= 4 is 16.9 Å². The van der Waals surface area contributed by atoms with Crippen molar-refractivity contribution in [3.63, 3.8) is 0 Å². The van der Waals surface area contributed by atoms with Crippen LogP contribution in [0.5, 0.6) is 0 Å². The summed E-state index contributed by atoms with van der Waals surface area (Å²) >= 11 is 0. The lowest BCUT2D eigenvalue weighted by atomic mass is 9.45. The number of aromatic amines is 1. The molecule has 2 N–H and O–H groups in total. The first-order valence-electron chi connectivity index (χ1n) is 8.95. The second-order valence-corrected chi connectivity index (χ2v) is 8.34. The van der Waals surface area contributed by atoms with E-state index in [1.54, 1.807) is 0 Å². The van der Waals surface area contributed by atoms with E-state index in [4.69, 9.17) is 0 Å². The van der Waals surface area contributed by atoms with Crippen molar-refractivity contribution in [1.29, 1.82) is 0 Å². The first kappa shape index (κ1) is 17.4. The summed E-state index contributed by atoms with van der Waals surface area (Å²) in [7, 11) is 0. The van der Waals surface area contributed by atoms with Crippen LogP contribution in [-0.4, -0.2) is 21.9 Å². The number of carbonyl (C=O) groups excluding carboxylic acids is 1. The van der Waals surface area contributed by atoms with Crippen LogP contribution in [0.3, 0.4) is 0 Å². The van der Waals surface area contributed by atoms with Gasteiger partial charge in [0.15, 0.2) is 0 Å². The molecule has 0 aromatic carbocycles. The third-order valence-corrected chi connectivity index (χ3v) is 6.75. The van der Waals surface area contributed by atoms with Gasteiger partial charge in [-0.1, -0.05) is 20.8 Å². The van der Waals surface area contributed by atoms with Gasteiger partial charge in [-0.15, -0.1) is 0 Å². The first-order chi connectivity index (χ1) is 12.1. The summed E-state index contributed by atoms with van der Waals surface area (Å²) in [6.07, 6.45) is -1.27. The van der Waals surface area contributed by atoms with Crippen LogP contribution < -0.4 is 5.32 Å². The van der Waals surface area contributed by atoms with Crippen LogP contribution in [0.2, 0.25) is 0 Å². The van der Waals surface area contributed by atoms with Crippen molar-refractivity contribution in [2.24, 2.45) is 23.2 Å². The number of hydrogen-bond donors (Lipinski definition) is 2. The highest BCUT2D eigenvalue weighted by Gasteiger charge is 2.56. The van der Waals surface area contributed by atoms with Gasteiger partial charge >= 0.3 is 6.18 Å². The van der Waals surface area contributed by atoms with Crippen molar-refractivity contribution in [3.8, 4) is 0 Å². The fraction of sp³-hybridized carbons (Fsp3) is 0.579. The number of aromatic nitrogens is 2. The normalized spacial score (nSPS) is 30.1.